The van der Waals surface area contributed by atoms with E-state index in [9.17, 15) is 9.36 Å². The van der Waals surface area contributed by atoms with E-state index < -0.39 is 13.8 Å². The summed E-state index contributed by atoms with van der Waals surface area (Å²) in [5.74, 6) is -0.695. The molecule has 0 aliphatic carbocycles. The van der Waals surface area contributed by atoms with E-state index in [0.717, 1.165) is 32.1 Å². The summed E-state index contributed by atoms with van der Waals surface area (Å²) in [6.45, 7) is 0.136. The lowest BCUT2D eigenvalue weighted by Gasteiger charge is -2.05. The average molecular weight is 352 g/mol. The van der Waals surface area contributed by atoms with Gasteiger partial charge in [-0.25, -0.2) is 4.57 Å². The highest BCUT2D eigenvalue weighted by atomic mass is 31.2. The van der Waals surface area contributed by atoms with Crippen molar-refractivity contribution in [1.82, 2.24) is 0 Å². The first-order chi connectivity index (χ1) is 10.9. The number of phosphoric ester groups is 1. The number of carboxylic acids is 1. The first kappa shape index (κ1) is 22.6. The summed E-state index contributed by atoms with van der Waals surface area (Å²) in [6, 6.07) is 0. The molecule has 0 unspecified atom stereocenters. The van der Waals surface area contributed by atoms with Gasteiger partial charge in [0.1, 0.15) is 0 Å². The second kappa shape index (κ2) is 15.1. The Morgan fingerprint density at radius 1 is 0.696 bits per heavy atom. The van der Waals surface area contributed by atoms with Crippen LogP contribution in [0.2, 0.25) is 0 Å². The number of rotatable bonds is 17. The van der Waals surface area contributed by atoms with E-state index in [1.807, 2.05) is 0 Å². The van der Waals surface area contributed by atoms with E-state index >= 15 is 0 Å². The molecule has 23 heavy (non-hydrogen) atoms. The lowest BCUT2D eigenvalue weighted by atomic mass is 10.0. The molecular formula is C16H33O6P. The molecule has 138 valence electrons. The van der Waals surface area contributed by atoms with Crippen molar-refractivity contribution in [2.24, 2.45) is 0 Å². The Kier molecular flexibility index (Phi) is 14.9. The Morgan fingerprint density at radius 3 is 1.39 bits per heavy atom. The largest absolute Gasteiger partial charge is 0.481 e. The molecule has 0 saturated heterocycles. The fourth-order valence-electron chi connectivity index (χ4n) is 2.51. The molecule has 7 heteroatoms. The third kappa shape index (κ3) is 21.6. The average Bonchev–Trinajstić information content (AvgIpc) is 2.45. The van der Waals surface area contributed by atoms with Crippen molar-refractivity contribution in [3.05, 3.63) is 0 Å². The van der Waals surface area contributed by atoms with Crippen molar-refractivity contribution in [3.8, 4) is 0 Å². The van der Waals surface area contributed by atoms with Gasteiger partial charge in [-0.2, -0.15) is 0 Å². The highest BCUT2D eigenvalue weighted by Crippen LogP contribution is 2.35. The van der Waals surface area contributed by atoms with Crippen LogP contribution in [0.4, 0.5) is 0 Å². The summed E-state index contributed by atoms with van der Waals surface area (Å²) in [6.07, 6.45) is 14.6. The van der Waals surface area contributed by atoms with Crippen LogP contribution in [0.25, 0.3) is 0 Å². The van der Waals surface area contributed by atoms with Crippen molar-refractivity contribution >= 4 is 13.8 Å². The van der Waals surface area contributed by atoms with Crippen LogP contribution >= 0.6 is 7.82 Å². The van der Waals surface area contributed by atoms with Crippen LogP contribution in [0, 0.1) is 0 Å². The van der Waals surface area contributed by atoms with Crippen LogP contribution in [0.15, 0.2) is 0 Å². The third-order valence-electron chi connectivity index (χ3n) is 3.79. The number of hydrogen-bond acceptors (Lipinski definition) is 3. The first-order valence-electron chi connectivity index (χ1n) is 8.84. The number of phosphoric acid groups is 1. The molecule has 0 rings (SSSR count). The fourth-order valence-corrected chi connectivity index (χ4v) is 2.87. The van der Waals surface area contributed by atoms with Gasteiger partial charge in [0, 0.05) is 6.42 Å². The minimum absolute atomic E-state index is 0.136. The van der Waals surface area contributed by atoms with Gasteiger partial charge >= 0.3 is 13.8 Å². The van der Waals surface area contributed by atoms with Crippen molar-refractivity contribution in [3.63, 3.8) is 0 Å². The minimum atomic E-state index is -4.28. The van der Waals surface area contributed by atoms with E-state index in [-0.39, 0.29) is 6.61 Å². The molecule has 0 aromatic carbocycles. The van der Waals surface area contributed by atoms with E-state index in [1.54, 1.807) is 0 Å². The van der Waals surface area contributed by atoms with Crippen LogP contribution in [0.5, 0.6) is 0 Å². The molecule has 0 aromatic heterocycles. The molecule has 0 amide bonds. The van der Waals surface area contributed by atoms with E-state index in [1.165, 1.54) is 44.9 Å². The number of unbranched alkanes of at least 4 members (excludes halogenated alkanes) is 12. The maximum atomic E-state index is 10.4. The maximum absolute atomic E-state index is 10.4. The van der Waals surface area contributed by atoms with E-state index in [2.05, 4.69) is 4.52 Å². The fraction of sp³-hybridized carbons (Fsp3) is 0.938. The summed E-state index contributed by atoms with van der Waals surface area (Å²) < 4.78 is 14.8. The second-order valence-electron chi connectivity index (χ2n) is 6.06. The summed E-state index contributed by atoms with van der Waals surface area (Å²) in [5, 5.41) is 8.51. The molecule has 0 aromatic rings. The second-order valence-corrected chi connectivity index (χ2v) is 7.30. The molecule has 0 heterocycles. The Labute approximate surface area is 139 Å². The van der Waals surface area contributed by atoms with Crippen molar-refractivity contribution in [1.29, 1.82) is 0 Å². The topological polar surface area (TPSA) is 104 Å². The Bertz CT molecular complexity index is 329. The highest BCUT2D eigenvalue weighted by Gasteiger charge is 2.12. The van der Waals surface area contributed by atoms with Crippen LogP contribution in [-0.2, 0) is 13.9 Å². The van der Waals surface area contributed by atoms with Gasteiger partial charge in [0.05, 0.1) is 6.61 Å². The molecule has 0 aliphatic rings. The molecule has 0 saturated carbocycles. The van der Waals surface area contributed by atoms with Crippen LogP contribution in [0.3, 0.4) is 0 Å². The summed E-state index contributed by atoms with van der Waals surface area (Å²) in [7, 11) is -4.28. The molecule has 3 N–H and O–H groups in total. The molecule has 0 radical (unpaired) electrons. The Balaban J connectivity index is 3.05. The predicted molar refractivity (Wildman–Crippen MR) is 90.3 cm³/mol. The summed E-state index contributed by atoms with van der Waals surface area (Å²) in [5.41, 5.74) is 0. The monoisotopic (exact) mass is 352 g/mol. The van der Waals surface area contributed by atoms with Gasteiger partial charge in [0.15, 0.2) is 0 Å². The first-order valence-corrected chi connectivity index (χ1v) is 10.4. The van der Waals surface area contributed by atoms with Crippen molar-refractivity contribution in [2.45, 2.75) is 89.9 Å². The van der Waals surface area contributed by atoms with Gasteiger partial charge in [-0.15, -0.1) is 0 Å². The van der Waals surface area contributed by atoms with E-state index in [0.29, 0.717) is 12.8 Å². The number of carboxylic acid groups (broad SMARTS) is 1. The highest BCUT2D eigenvalue weighted by molar-refractivity contribution is 7.46. The quantitative estimate of drug-likeness (QED) is 0.260. The Hall–Kier alpha value is -0.420. The van der Waals surface area contributed by atoms with Gasteiger partial charge in [-0.1, -0.05) is 70.6 Å². The van der Waals surface area contributed by atoms with Crippen LogP contribution in [-0.4, -0.2) is 27.5 Å². The molecule has 6 nitrogen and oxygen atoms in total. The zero-order valence-corrected chi connectivity index (χ0v) is 15.0. The standard InChI is InChI=1S/C16H33O6P/c17-16(18)14-12-10-8-6-4-2-1-3-5-7-9-11-13-15-22-23(19,20)21/h1-15H2,(H,17,18)(H2,19,20,21). The SMILES string of the molecule is O=C(O)CCCCCCCCCCCCCCCOP(=O)(O)O. The third-order valence-corrected chi connectivity index (χ3v) is 4.31. The zero-order chi connectivity index (χ0) is 17.4. The number of carbonyl (C=O) groups is 1. The minimum Gasteiger partial charge on any atom is -0.481 e. The Morgan fingerprint density at radius 2 is 1.04 bits per heavy atom. The maximum Gasteiger partial charge on any atom is 0.469 e. The van der Waals surface area contributed by atoms with Gasteiger partial charge < -0.3 is 14.9 Å². The zero-order valence-electron chi connectivity index (χ0n) is 14.1. The lowest BCUT2D eigenvalue weighted by molar-refractivity contribution is -0.137. The van der Waals surface area contributed by atoms with Crippen LogP contribution in [0.1, 0.15) is 89.9 Å². The normalized spacial score (nSPS) is 11.7. The molecule has 0 bridgehead atoms. The van der Waals surface area contributed by atoms with Gasteiger partial charge in [0.25, 0.3) is 0 Å². The van der Waals surface area contributed by atoms with Crippen molar-refractivity contribution < 1.29 is 28.8 Å². The molecule has 0 spiro atoms. The molecule has 0 atom stereocenters. The van der Waals surface area contributed by atoms with Crippen LogP contribution < -0.4 is 0 Å². The smallest absolute Gasteiger partial charge is 0.469 e. The number of aliphatic carboxylic acids is 1. The van der Waals surface area contributed by atoms with Gasteiger partial charge in [-0.3, -0.25) is 9.32 Å². The van der Waals surface area contributed by atoms with Gasteiger partial charge in [-0.05, 0) is 12.8 Å². The molecular weight excluding hydrogens is 319 g/mol. The summed E-state index contributed by atoms with van der Waals surface area (Å²) in [4.78, 5) is 27.4. The molecule has 0 fully saturated rings. The predicted octanol–water partition coefficient (Wildman–Crippen LogP) is 4.64. The lowest BCUT2D eigenvalue weighted by Crippen LogP contribution is -1.93. The van der Waals surface area contributed by atoms with Gasteiger partial charge in [0.2, 0.25) is 0 Å². The van der Waals surface area contributed by atoms with Crippen molar-refractivity contribution in [2.75, 3.05) is 6.61 Å². The van der Waals surface area contributed by atoms with E-state index in [4.69, 9.17) is 14.9 Å². The summed E-state index contributed by atoms with van der Waals surface area (Å²) >= 11 is 0. The molecule has 0 aliphatic heterocycles. The number of hydrogen-bond donors (Lipinski definition) is 3.